The molecule has 0 heterocycles. The minimum absolute atomic E-state index is 0.118. The fourth-order valence-corrected chi connectivity index (χ4v) is 3.56. The molecular weight excluding hydrogens is 372 g/mol. The summed E-state index contributed by atoms with van der Waals surface area (Å²) in [6.45, 7) is 0. The SMILES string of the molecule is COc1cc(OC)c(/C=C/S(=O)(=O)Cc2ccc(OC)c(O)c2)c(OC)c1. The van der Waals surface area contributed by atoms with Gasteiger partial charge < -0.3 is 24.1 Å². The summed E-state index contributed by atoms with van der Waals surface area (Å²) >= 11 is 0. The second kappa shape index (κ2) is 8.68. The first kappa shape index (κ1) is 20.4. The second-order valence-electron chi connectivity index (χ2n) is 5.56. The summed E-state index contributed by atoms with van der Waals surface area (Å²) in [6.07, 6.45) is 1.41. The van der Waals surface area contributed by atoms with E-state index in [0.29, 0.717) is 28.4 Å². The predicted octanol–water partition coefficient (Wildman–Crippen LogP) is 3.01. The third-order valence-electron chi connectivity index (χ3n) is 3.81. The Morgan fingerprint density at radius 3 is 1.96 bits per heavy atom. The second-order valence-corrected chi connectivity index (χ2v) is 7.45. The molecule has 146 valence electrons. The highest BCUT2D eigenvalue weighted by Gasteiger charge is 2.14. The van der Waals surface area contributed by atoms with Crippen molar-refractivity contribution >= 4 is 15.9 Å². The van der Waals surface area contributed by atoms with Crippen LogP contribution in [0.3, 0.4) is 0 Å². The Kier molecular flexibility index (Phi) is 6.57. The van der Waals surface area contributed by atoms with Crippen LogP contribution in [-0.2, 0) is 15.6 Å². The van der Waals surface area contributed by atoms with Gasteiger partial charge in [-0.1, -0.05) is 6.07 Å². The van der Waals surface area contributed by atoms with Crippen LogP contribution in [0.4, 0.5) is 0 Å². The molecule has 0 saturated heterocycles. The van der Waals surface area contributed by atoms with Crippen LogP contribution >= 0.6 is 0 Å². The van der Waals surface area contributed by atoms with Gasteiger partial charge in [0.25, 0.3) is 0 Å². The maximum atomic E-state index is 12.5. The number of phenols is 1. The Labute approximate surface area is 158 Å². The lowest BCUT2D eigenvalue weighted by molar-refractivity contribution is 0.373. The third-order valence-corrected chi connectivity index (χ3v) is 5.09. The van der Waals surface area contributed by atoms with Gasteiger partial charge in [-0.3, -0.25) is 0 Å². The smallest absolute Gasteiger partial charge is 0.175 e. The average Bonchev–Trinajstić information content (AvgIpc) is 2.65. The van der Waals surface area contributed by atoms with Gasteiger partial charge in [0.2, 0.25) is 0 Å². The van der Waals surface area contributed by atoms with Crippen molar-refractivity contribution < 1.29 is 32.5 Å². The molecule has 0 unspecified atom stereocenters. The predicted molar refractivity (Wildman–Crippen MR) is 102 cm³/mol. The maximum absolute atomic E-state index is 12.5. The van der Waals surface area contributed by atoms with E-state index in [0.717, 1.165) is 5.41 Å². The van der Waals surface area contributed by atoms with Crippen LogP contribution in [-0.4, -0.2) is 42.0 Å². The average molecular weight is 394 g/mol. The third kappa shape index (κ3) is 5.07. The first-order valence-electron chi connectivity index (χ1n) is 7.90. The molecule has 2 rings (SSSR count). The van der Waals surface area contributed by atoms with Crippen molar-refractivity contribution in [2.45, 2.75) is 5.75 Å². The van der Waals surface area contributed by atoms with E-state index in [9.17, 15) is 13.5 Å². The van der Waals surface area contributed by atoms with E-state index in [2.05, 4.69) is 0 Å². The van der Waals surface area contributed by atoms with Crippen molar-refractivity contribution in [3.8, 4) is 28.7 Å². The topological polar surface area (TPSA) is 91.3 Å². The molecule has 2 aromatic rings. The van der Waals surface area contributed by atoms with Crippen molar-refractivity contribution in [3.63, 3.8) is 0 Å². The molecule has 0 radical (unpaired) electrons. The number of hydrogen-bond acceptors (Lipinski definition) is 7. The molecule has 0 bridgehead atoms. The number of benzene rings is 2. The molecule has 8 heteroatoms. The summed E-state index contributed by atoms with van der Waals surface area (Å²) in [5.74, 6) is 1.24. The van der Waals surface area contributed by atoms with Gasteiger partial charge in [0.15, 0.2) is 21.3 Å². The van der Waals surface area contributed by atoms with Gasteiger partial charge >= 0.3 is 0 Å². The molecule has 0 aliphatic rings. The summed E-state index contributed by atoms with van der Waals surface area (Å²) in [5, 5.41) is 10.9. The molecule has 27 heavy (non-hydrogen) atoms. The lowest BCUT2D eigenvalue weighted by atomic mass is 10.1. The Morgan fingerprint density at radius 2 is 1.48 bits per heavy atom. The number of sulfone groups is 1. The molecule has 0 atom stereocenters. The van der Waals surface area contributed by atoms with Crippen molar-refractivity contribution in [3.05, 3.63) is 46.9 Å². The molecule has 0 saturated carbocycles. The highest BCUT2D eigenvalue weighted by molar-refractivity contribution is 7.93. The Morgan fingerprint density at radius 1 is 0.889 bits per heavy atom. The highest BCUT2D eigenvalue weighted by atomic mass is 32.2. The highest BCUT2D eigenvalue weighted by Crippen LogP contribution is 2.35. The van der Waals surface area contributed by atoms with Crippen LogP contribution < -0.4 is 18.9 Å². The van der Waals surface area contributed by atoms with Gasteiger partial charge in [-0.05, 0) is 23.8 Å². The number of ether oxygens (including phenoxy) is 4. The monoisotopic (exact) mass is 394 g/mol. The summed E-state index contributed by atoms with van der Waals surface area (Å²) in [7, 11) is 2.27. The number of aromatic hydroxyl groups is 1. The van der Waals surface area contributed by atoms with Crippen LogP contribution in [0.5, 0.6) is 28.7 Å². The molecule has 1 N–H and O–H groups in total. The first-order chi connectivity index (χ1) is 12.8. The normalized spacial score (nSPS) is 11.4. The van der Waals surface area contributed by atoms with Gasteiger partial charge in [-0.25, -0.2) is 8.42 Å². The molecule has 0 aliphatic carbocycles. The van der Waals surface area contributed by atoms with Gasteiger partial charge in [0, 0.05) is 17.5 Å². The van der Waals surface area contributed by atoms with E-state index in [4.69, 9.17) is 18.9 Å². The molecule has 0 spiro atoms. The zero-order chi connectivity index (χ0) is 20.0. The van der Waals surface area contributed by atoms with Gasteiger partial charge in [0.1, 0.15) is 17.2 Å². The number of rotatable bonds is 8. The van der Waals surface area contributed by atoms with Gasteiger partial charge in [-0.2, -0.15) is 0 Å². The van der Waals surface area contributed by atoms with E-state index in [1.807, 2.05) is 0 Å². The van der Waals surface area contributed by atoms with Crippen molar-refractivity contribution in [2.75, 3.05) is 28.4 Å². The molecule has 0 aliphatic heterocycles. The summed E-state index contributed by atoms with van der Waals surface area (Å²) in [4.78, 5) is 0. The lowest BCUT2D eigenvalue weighted by Gasteiger charge is -2.12. The molecule has 0 fully saturated rings. The van der Waals surface area contributed by atoms with Crippen LogP contribution in [0.25, 0.3) is 6.08 Å². The number of hydrogen-bond donors (Lipinski definition) is 1. The zero-order valence-corrected chi connectivity index (χ0v) is 16.4. The maximum Gasteiger partial charge on any atom is 0.175 e. The molecule has 0 amide bonds. The zero-order valence-electron chi connectivity index (χ0n) is 15.6. The van der Waals surface area contributed by atoms with E-state index in [1.54, 1.807) is 18.2 Å². The minimum atomic E-state index is -3.61. The van der Waals surface area contributed by atoms with Crippen molar-refractivity contribution in [2.24, 2.45) is 0 Å². The summed E-state index contributed by atoms with van der Waals surface area (Å²) < 4.78 is 45.6. The molecule has 7 nitrogen and oxygen atoms in total. The quantitative estimate of drug-likeness (QED) is 0.736. The fraction of sp³-hybridized carbons (Fsp3) is 0.263. The summed E-state index contributed by atoms with van der Waals surface area (Å²) in [5.41, 5.74) is 0.911. The van der Waals surface area contributed by atoms with Crippen LogP contribution in [0, 0.1) is 0 Å². The van der Waals surface area contributed by atoms with Gasteiger partial charge in [0.05, 0.1) is 39.8 Å². The van der Waals surface area contributed by atoms with Gasteiger partial charge in [-0.15, -0.1) is 0 Å². The first-order valence-corrected chi connectivity index (χ1v) is 9.61. The molecular formula is C19H22O7S. The Bertz CT molecular complexity index is 908. The molecule has 0 aromatic heterocycles. The van der Waals surface area contributed by atoms with Crippen LogP contribution in [0.15, 0.2) is 35.7 Å². The standard InChI is InChI=1S/C19H22O7S/c1-23-14-10-18(25-3)15(19(11-14)26-4)7-8-27(21,22)12-13-5-6-17(24-2)16(20)9-13/h5-11,20H,12H2,1-4H3/b8-7+. The number of methoxy groups -OCH3 is 4. The summed E-state index contributed by atoms with van der Waals surface area (Å²) in [6, 6.07) is 7.73. The lowest BCUT2D eigenvalue weighted by Crippen LogP contribution is -2.01. The van der Waals surface area contributed by atoms with E-state index in [1.165, 1.54) is 46.6 Å². The van der Waals surface area contributed by atoms with Crippen molar-refractivity contribution in [1.29, 1.82) is 0 Å². The number of phenolic OH excluding ortho intramolecular Hbond substituents is 1. The van der Waals surface area contributed by atoms with E-state index in [-0.39, 0.29) is 17.3 Å². The Hall–Kier alpha value is -2.87. The van der Waals surface area contributed by atoms with Crippen molar-refractivity contribution in [1.82, 2.24) is 0 Å². The van der Waals surface area contributed by atoms with E-state index < -0.39 is 9.84 Å². The Balaban J connectivity index is 2.32. The van der Waals surface area contributed by atoms with Crippen LogP contribution in [0.2, 0.25) is 0 Å². The molecule has 2 aromatic carbocycles. The van der Waals surface area contributed by atoms with E-state index >= 15 is 0 Å². The fourth-order valence-electron chi connectivity index (χ4n) is 2.47. The largest absolute Gasteiger partial charge is 0.504 e. The van der Waals surface area contributed by atoms with Crippen LogP contribution in [0.1, 0.15) is 11.1 Å². The minimum Gasteiger partial charge on any atom is -0.504 e.